The fourth-order valence-electron chi connectivity index (χ4n) is 3.75. The summed E-state index contributed by atoms with van der Waals surface area (Å²) in [6.07, 6.45) is 3.76. The molecular formula is C27H26N2O7. The number of fused-ring (bicyclic) bond motifs is 1. The van der Waals surface area contributed by atoms with Crippen molar-refractivity contribution in [3.8, 4) is 11.5 Å². The molecular weight excluding hydrogens is 464 g/mol. The van der Waals surface area contributed by atoms with E-state index < -0.39 is 5.97 Å². The molecule has 1 aliphatic rings. The van der Waals surface area contributed by atoms with Crippen molar-refractivity contribution in [3.63, 3.8) is 0 Å². The van der Waals surface area contributed by atoms with Crippen LogP contribution in [0.15, 0.2) is 47.0 Å². The number of anilines is 1. The lowest BCUT2D eigenvalue weighted by molar-refractivity contribution is -0.136. The maximum Gasteiger partial charge on any atom is 0.331 e. The number of ketones is 1. The predicted octanol–water partition coefficient (Wildman–Crippen LogP) is 4.20. The number of carbonyl (C=O) groups is 3. The largest absolute Gasteiger partial charge is 0.493 e. The molecule has 1 amide bonds. The van der Waals surface area contributed by atoms with Gasteiger partial charge in [-0.05, 0) is 67.8 Å². The smallest absolute Gasteiger partial charge is 0.331 e. The zero-order valence-corrected chi connectivity index (χ0v) is 20.3. The number of carbonyl (C=O) groups excluding carboxylic acids is 3. The number of amides is 1. The Hall–Kier alpha value is -4.40. The summed E-state index contributed by atoms with van der Waals surface area (Å²) in [5.41, 5.74) is 4.36. The molecule has 2 aromatic carbocycles. The molecule has 186 valence electrons. The van der Waals surface area contributed by atoms with Gasteiger partial charge in [-0.25, -0.2) is 4.79 Å². The van der Waals surface area contributed by atoms with Crippen molar-refractivity contribution in [2.45, 2.75) is 33.3 Å². The Balaban J connectivity index is 1.32. The summed E-state index contributed by atoms with van der Waals surface area (Å²) >= 11 is 0. The topological polar surface area (TPSA) is 117 Å². The van der Waals surface area contributed by atoms with Gasteiger partial charge >= 0.3 is 5.97 Å². The molecule has 1 aliphatic heterocycles. The molecule has 0 fully saturated rings. The Morgan fingerprint density at radius 1 is 1.11 bits per heavy atom. The van der Waals surface area contributed by atoms with E-state index in [1.165, 1.54) is 13.2 Å². The lowest BCUT2D eigenvalue weighted by Crippen LogP contribution is -2.20. The molecule has 36 heavy (non-hydrogen) atoms. The molecule has 0 saturated heterocycles. The van der Waals surface area contributed by atoms with Crippen molar-refractivity contribution in [3.05, 3.63) is 76.2 Å². The van der Waals surface area contributed by atoms with E-state index in [1.54, 1.807) is 42.5 Å². The first kappa shape index (κ1) is 24.7. The summed E-state index contributed by atoms with van der Waals surface area (Å²) in [6, 6.07) is 10.3. The number of methoxy groups -OCH3 is 1. The molecule has 0 bridgehead atoms. The first-order valence-corrected chi connectivity index (χ1v) is 11.4. The molecule has 4 rings (SSSR count). The number of nitrogens with zero attached hydrogens (tertiary/aromatic N) is 1. The summed E-state index contributed by atoms with van der Waals surface area (Å²) in [6.45, 7) is 3.57. The maximum absolute atomic E-state index is 12.5. The molecule has 1 aromatic heterocycles. The van der Waals surface area contributed by atoms with Gasteiger partial charge in [0.15, 0.2) is 23.9 Å². The standard InChI is InChI=1S/C27H26N2O7/c1-16-21(17(2)36-29-16)14-34-24-9-4-18(12-25(24)33-3)5-11-27(32)35-15-23(30)20-6-8-22-19(13-20)7-10-26(31)28-22/h4-6,8-9,11-13H,7,10,14-15H2,1-3H3,(H,28,31)/b11-5+. The van der Waals surface area contributed by atoms with E-state index >= 15 is 0 Å². The maximum atomic E-state index is 12.5. The second kappa shape index (κ2) is 10.9. The van der Waals surface area contributed by atoms with Crippen molar-refractivity contribution < 1.29 is 33.1 Å². The van der Waals surface area contributed by atoms with Crippen LogP contribution in [0.4, 0.5) is 5.69 Å². The van der Waals surface area contributed by atoms with E-state index in [9.17, 15) is 14.4 Å². The monoisotopic (exact) mass is 490 g/mol. The fourth-order valence-corrected chi connectivity index (χ4v) is 3.75. The molecule has 9 nitrogen and oxygen atoms in total. The van der Waals surface area contributed by atoms with Gasteiger partial charge in [0.1, 0.15) is 12.4 Å². The molecule has 1 N–H and O–H groups in total. The minimum Gasteiger partial charge on any atom is -0.493 e. The first-order valence-electron chi connectivity index (χ1n) is 11.4. The highest BCUT2D eigenvalue weighted by Gasteiger charge is 2.17. The average molecular weight is 491 g/mol. The fraction of sp³-hybridized carbons (Fsp3) is 0.259. The Labute approximate surface area is 208 Å². The Morgan fingerprint density at radius 3 is 2.69 bits per heavy atom. The van der Waals surface area contributed by atoms with Crippen LogP contribution in [0.1, 0.15) is 44.9 Å². The quantitative estimate of drug-likeness (QED) is 0.269. The lowest BCUT2D eigenvalue weighted by atomic mass is 9.99. The van der Waals surface area contributed by atoms with E-state index in [4.69, 9.17) is 18.7 Å². The summed E-state index contributed by atoms with van der Waals surface area (Å²) < 4.78 is 21.5. The van der Waals surface area contributed by atoms with Gasteiger partial charge in [-0.1, -0.05) is 11.2 Å². The van der Waals surface area contributed by atoms with Crippen LogP contribution < -0.4 is 14.8 Å². The van der Waals surface area contributed by atoms with E-state index in [0.717, 1.165) is 16.8 Å². The third-order valence-corrected chi connectivity index (χ3v) is 5.82. The minimum absolute atomic E-state index is 0.0425. The molecule has 2 heterocycles. The number of aryl methyl sites for hydroxylation is 3. The summed E-state index contributed by atoms with van der Waals surface area (Å²) in [4.78, 5) is 36.1. The normalized spacial score (nSPS) is 12.7. The number of esters is 1. The van der Waals surface area contributed by atoms with Crippen molar-refractivity contribution in [1.29, 1.82) is 0 Å². The number of hydrogen-bond acceptors (Lipinski definition) is 8. The van der Waals surface area contributed by atoms with E-state index in [2.05, 4.69) is 10.5 Å². The van der Waals surface area contributed by atoms with Crippen LogP contribution in [0.3, 0.4) is 0 Å². The van der Waals surface area contributed by atoms with Gasteiger partial charge in [-0.15, -0.1) is 0 Å². The number of hydrogen-bond donors (Lipinski definition) is 1. The summed E-state index contributed by atoms with van der Waals surface area (Å²) in [5.74, 6) is 0.717. The number of ether oxygens (including phenoxy) is 3. The minimum atomic E-state index is -0.647. The summed E-state index contributed by atoms with van der Waals surface area (Å²) in [7, 11) is 1.53. The van der Waals surface area contributed by atoms with Crippen molar-refractivity contribution in [2.24, 2.45) is 0 Å². The van der Waals surface area contributed by atoms with Crippen LogP contribution in [0.2, 0.25) is 0 Å². The Bertz CT molecular complexity index is 1320. The molecule has 0 unspecified atom stereocenters. The number of Topliss-reactive ketones (excluding diaryl/α,β-unsaturated/α-hetero) is 1. The molecule has 0 radical (unpaired) electrons. The van der Waals surface area contributed by atoms with Crippen LogP contribution in [-0.2, 0) is 27.4 Å². The molecule has 3 aromatic rings. The van der Waals surface area contributed by atoms with Gasteiger partial charge in [0.05, 0.1) is 18.4 Å². The molecule has 0 aliphatic carbocycles. The lowest BCUT2D eigenvalue weighted by Gasteiger charge is -2.17. The molecule has 0 atom stereocenters. The van der Waals surface area contributed by atoms with Crippen LogP contribution in [0.5, 0.6) is 11.5 Å². The van der Waals surface area contributed by atoms with Gasteiger partial charge < -0.3 is 24.1 Å². The number of rotatable bonds is 9. The number of nitrogens with one attached hydrogen (secondary N) is 1. The van der Waals surface area contributed by atoms with Crippen molar-refractivity contribution in [1.82, 2.24) is 5.16 Å². The van der Waals surface area contributed by atoms with Crippen LogP contribution in [0.25, 0.3) is 6.08 Å². The zero-order valence-electron chi connectivity index (χ0n) is 20.3. The summed E-state index contributed by atoms with van der Waals surface area (Å²) in [5, 5.41) is 6.68. The average Bonchev–Trinajstić information content (AvgIpc) is 3.21. The van der Waals surface area contributed by atoms with Gasteiger partial charge in [-0.2, -0.15) is 0 Å². The highest BCUT2D eigenvalue weighted by molar-refractivity contribution is 6.00. The van der Waals surface area contributed by atoms with Crippen molar-refractivity contribution >= 4 is 29.4 Å². The van der Waals surface area contributed by atoms with Gasteiger partial charge in [0, 0.05) is 23.7 Å². The predicted molar refractivity (Wildman–Crippen MR) is 131 cm³/mol. The second-order valence-electron chi connectivity index (χ2n) is 8.29. The third-order valence-electron chi connectivity index (χ3n) is 5.82. The van der Waals surface area contributed by atoms with E-state index in [1.807, 2.05) is 13.8 Å². The van der Waals surface area contributed by atoms with Crippen LogP contribution >= 0.6 is 0 Å². The highest BCUT2D eigenvalue weighted by Crippen LogP contribution is 2.30. The number of benzene rings is 2. The zero-order chi connectivity index (χ0) is 25.7. The highest BCUT2D eigenvalue weighted by atomic mass is 16.5. The van der Waals surface area contributed by atoms with Gasteiger partial charge in [0.25, 0.3) is 0 Å². The van der Waals surface area contributed by atoms with Crippen LogP contribution in [-0.4, -0.2) is 36.5 Å². The first-order chi connectivity index (χ1) is 17.3. The van der Waals surface area contributed by atoms with Crippen molar-refractivity contribution in [2.75, 3.05) is 19.0 Å². The molecule has 0 spiro atoms. The van der Waals surface area contributed by atoms with E-state index in [0.29, 0.717) is 46.9 Å². The number of aromatic nitrogens is 1. The SMILES string of the molecule is COc1cc(/C=C/C(=O)OCC(=O)c2ccc3c(c2)CCC(=O)N3)ccc1OCc1c(C)noc1C. The van der Waals surface area contributed by atoms with E-state index in [-0.39, 0.29) is 24.9 Å². The van der Waals surface area contributed by atoms with Crippen LogP contribution in [0, 0.1) is 13.8 Å². The Morgan fingerprint density at radius 2 is 1.94 bits per heavy atom. The van der Waals surface area contributed by atoms with Gasteiger partial charge in [0.2, 0.25) is 5.91 Å². The Kier molecular flexibility index (Phi) is 7.48. The second-order valence-corrected chi connectivity index (χ2v) is 8.29. The van der Waals surface area contributed by atoms with Gasteiger partial charge in [-0.3, -0.25) is 9.59 Å². The molecule has 9 heteroatoms. The third kappa shape index (κ3) is 5.80. The molecule has 0 saturated carbocycles.